The molecule has 0 atom stereocenters. The maximum atomic E-state index is 13.0. The van der Waals surface area contributed by atoms with Crippen LogP contribution in [0.1, 0.15) is 38.8 Å². The van der Waals surface area contributed by atoms with E-state index in [4.69, 9.17) is 4.74 Å². The number of amides is 2. The molecular formula is C28H23N3O4. The number of anilines is 1. The van der Waals surface area contributed by atoms with Gasteiger partial charge in [-0.1, -0.05) is 36.4 Å². The molecule has 0 spiro atoms. The summed E-state index contributed by atoms with van der Waals surface area (Å²) in [6.45, 7) is 2.67. The van der Waals surface area contributed by atoms with E-state index >= 15 is 0 Å². The molecule has 1 aliphatic rings. The quantitative estimate of drug-likeness (QED) is 0.301. The molecule has 5 rings (SSSR count). The van der Waals surface area contributed by atoms with Crippen molar-refractivity contribution >= 4 is 34.5 Å². The van der Waals surface area contributed by atoms with Gasteiger partial charge < -0.3 is 14.7 Å². The number of phenolic OH excluding ortho intramolecular Hbond substituents is 1. The van der Waals surface area contributed by atoms with Crippen LogP contribution >= 0.6 is 0 Å². The average Bonchev–Trinajstić information content (AvgIpc) is 3.14. The highest BCUT2D eigenvalue weighted by Crippen LogP contribution is 2.38. The van der Waals surface area contributed by atoms with Gasteiger partial charge >= 0.3 is 0 Å². The van der Waals surface area contributed by atoms with E-state index in [-0.39, 0.29) is 17.6 Å². The normalized spacial score (nSPS) is 12.5. The lowest BCUT2D eigenvalue weighted by Gasteiger charge is -2.18. The Morgan fingerprint density at radius 2 is 1.83 bits per heavy atom. The van der Waals surface area contributed by atoms with Crippen molar-refractivity contribution in [2.45, 2.75) is 13.5 Å². The molecule has 2 amide bonds. The smallest absolute Gasteiger partial charge is 0.271 e. The molecule has 0 bridgehead atoms. The Hall–Kier alpha value is -4.65. The van der Waals surface area contributed by atoms with Crippen molar-refractivity contribution in [2.75, 3.05) is 11.5 Å². The van der Waals surface area contributed by atoms with E-state index < -0.39 is 0 Å². The third-order valence-corrected chi connectivity index (χ3v) is 5.87. The summed E-state index contributed by atoms with van der Waals surface area (Å²) in [5.41, 5.74) is 6.16. The van der Waals surface area contributed by atoms with Crippen LogP contribution in [-0.4, -0.2) is 29.7 Å². The average molecular weight is 466 g/mol. The van der Waals surface area contributed by atoms with Crippen LogP contribution in [0.4, 0.5) is 5.69 Å². The summed E-state index contributed by atoms with van der Waals surface area (Å²) in [7, 11) is 0. The Morgan fingerprint density at radius 3 is 2.60 bits per heavy atom. The van der Waals surface area contributed by atoms with Gasteiger partial charge in [-0.05, 0) is 65.9 Å². The van der Waals surface area contributed by atoms with Gasteiger partial charge in [0.1, 0.15) is 0 Å². The molecule has 0 aliphatic carbocycles. The number of phenols is 1. The SMILES string of the molecule is CCOc1cc(/C=N/NC(=O)c2ccc(CN3C(=O)c4cccc5cccc3c45)cc2)ccc1O. The fraction of sp³-hybridized carbons (Fsp3) is 0.107. The molecule has 0 unspecified atom stereocenters. The Balaban J connectivity index is 1.25. The largest absolute Gasteiger partial charge is 0.504 e. The number of rotatable bonds is 7. The fourth-order valence-corrected chi connectivity index (χ4v) is 4.19. The minimum Gasteiger partial charge on any atom is -0.504 e. The van der Waals surface area contributed by atoms with Gasteiger partial charge in [-0.15, -0.1) is 0 Å². The Bertz CT molecular complexity index is 1460. The zero-order valence-electron chi connectivity index (χ0n) is 19.1. The van der Waals surface area contributed by atoms with E-state index in [0.29, 0.717) is 35.6 Å². The zero-order chi connectivity index (χ0) is 24.4. The molecule has 2 N–H and O–H groups in total. The van der Waals surface area contributed by atoms with Gasteiger partial charge in [0, 0.05) is 16.5 Å². The van der Waals surface area contributed by atoms with Crippen LogP contribution in [0.5, 0.6) is 11.5 Å². The molecule has 0 saturated heterocycles. The number of hydrazone groups is 1. The van der Waals surface area contributed by atoms with Gasteiger partial charge in [0.15, 0.2) is 11.5 Å². The standard InChI is InChI=1S/C28H23N3O4/c1-2-35-25-15-19(11-14-24(25)32)16-29-30-27(33)21-12-9-18(10-13-21)17-31-23-8-4-6-20-5-3-7-22(26(20)23)28(31)34/h3-16,32H,2,17H2,1H3,(H,30,33)/b29-16+. The third-order valence-electron chi connectivity index (χ3n) is 5.87. The summed E-state index contributed by atoms with van der Waals surface area (Å²) in [5, 5.41) is 15.8. The van der Waals surface area contributed by atoms with E-state index in [9.17, 15) is 14.7 Å². The fourth-order valence-electron chi connectivity index (χ4n) is 4.19. The van der Waals surface area contributed by atoms with Gasteiger partial charge in [-0.25, -0.2) is 5.43 Å². The van der Waals surface area contributed by atoms with E-state index in [2.05, 4.69) is 10.5 Å². The van der Waals surface area contributed by atoms with Gasteiger partial charge in [-0.3, -0.25) is 9.59 Å². The maximum absolute atomic E-state index is 13.0. The molecule has 0 radical (unpaired) electrons. The number of benzene rings is 4. The van der Waals surface area contributed by atoms with Crippen molar-refractivity contribution < 1.29 is 19.4 Å². The number of nitrogens with zero attached hydrogens (tertiary/aromatic N) is 2. The Kier molecular flexibility index (Phi) is 5.89. The molecule has 4 aromatic carbocycles. The molecule has 174 valence electrons. The van der Waals surface area contributed by atoms with Crippen LogP contribution in [0.15, 0.2) is 84.0 Å². The molecule has 1 heterocycles. The minimum atomic E-state index is -0.356. The van der Waals surface area contributed by atoms with E-state index in [1.54, 1.807) is 29.2 Å². The monoisotopic (exact) mass is 465 g/mol. The van der Waals surface area contributed by atoms with Crippen molar-refractivity contribution in [1.29, 1.82) is 0 Å². The molecular weight excluding hydrogens is 442 g/mol. The van der Waals surface area contributed by atoms with E-state index in [1.165, 1.54) is 12.3 Å². The highest BCUT2D eigenvalue weighted by molar-refractivity contribution is 6.24. The van der Waals surface area contributed by atoms with Crippen LogP contribution in [0.2, 0.25) is 0 Å². The minimum absolute atomic E-state index is 0.0188. The predicted molar refractivity (Wildman–Crippen MR) is 135 cm³/mol. The Morgan fingerprint density at radius 1 is 1.06 bits per heavy atom. The number of carbonyl (C=O) groups excluding carboxylic acids is 2. The molecule has 4 aromatic rings. The number of hydrogen-bond donors (Lipinski definition) is 2. The molecule has 7 nitrogen and oxygen atoms in total. The lowest BCUT2D eigenvalue weighted by molar-refractivity contribution is 0.0953. The summed E-state index contributed by atoms with van der Waals surface area (Å²) >= 11 is 0. The van der Waals surface area contributed by atoms with Crippen LogP contribution in [0.25, 0.3) is 10.8 Å². The number of aromatic hydroxyl groups is 1. The van der Waals surface area contributed by atoms with Crippen LogP contribution in [-0.2, 0) is 6.54 Å². The number of hydrogen-bond acceptors (Lipinski definition) is 5. The number of ether oxygens (including phenoxy) is 1. The highest BCUT2D eigenvalue weighted by atomic mass is 16.5. The summed E-state index contributed by atoms with van der Waals surface area (Å²) in [6, 6.07) is 23.6. The second kappa shape index (κ2) is 9.30. The first-order chi connectivity index (χ1) is 17.0. The highest BCUT2D eigenvalue weighted by Gasteiger charge is 2.29. The zero-order valence-corrected chi connectivity index (χ0v) is 19.1. The van der Waals surface area contributed by atoms with Crippen LogP contribution in [0.3, 0.4) is 0 Å². The van der Waals surface area contributed by atoms with Gasteiger partial charge in [-0.2, -0.15) is 5.10 Å². The third kappa shape index (κ3) is 4.31. The first-order valence-corrected chi connectivity index (χ1v) is 11.3. The first-order valence-electron chi connectivity index (χ1n) is 11.3. The lowest BCUT2D eigenvalue weighted by Crippen LogP contribution is -2.26. The summed E-state index contributed by atoms with van der Waals surface area (Å²) < 4.78 is 5.35. The van der Waals surface area contributed by atoms with Crippen molar-refractivity contribution in [2.24, 2.45) is 5.10 Å². The Labute approximate surface area is 202 Å². The molecule has 1 aliphatic heterocycles. The van der Waals surface area contributed by atoms with E-state index in [1.807, 2.05) is 55.5 Å². The predicted octanol–water partition coefficient (Wildman–Crippen LogP) is 4.87. The molecule has 0 fully saturated rings. The summed E-state index contributed by atoms with van der Waals surface area (Å²) in [6.07, 6.45) is 1.48. The summed E-state index contributed by atoms with van der Waals surface area (Å²) in [4.78, 5) is 27.2. The van der Waals surface area contributed by atoms with Crippen LogP contribution < -0.4 is 15.1 Å². The van der Waals surface area contributed by atoms with Gasteiger partial charge in [0.25, 0.3) is 11.8 Å². The van der Waals surface area contributed by atoms with Crippen molar-refractivity contribution in [1.82, 2.24) is 5.43 Å². The van der Waals surface area contributed by atoms with Crippen molar-refractivity contribution in [3.05, 3.63) is 101 Å². The molecule has 7 heteroatoms. The second-order valence-electron chi connectivity index (χ2n) is 8.13. The maximum Gasteiger partial charge on any atom is 0.271 e. The van der Waals surface area contributed by atoms with Gasteiger partial charge in [0.2, 0.25) is 0 Å². The first kappa shape index (κ1) is 22.2. The number of nitrogens with one attached hydrogen (secondary N) is 1. The molecule has 0 saturated carbocycles. The van der Waals surface area contributed by atoms with Gasteiger partial charge in [0.05, 0.1) is 25.1 Å². The van der Waals surface area contributed by atoms with Crippen LogP contribution in [0, 0.1) is 0 Å². The summed E-state index contributed by atoms with van der Waals surface area (Å²) in [5.74, 6) is 0.0270. The topological polar surface area (TPSA) is 91.2 Å². The van der Waals surface area contributed by atoms with Crippen molar-refractivity contribution in [3.8, 4) is 11.5 Å². The second-order valence-corrected chi connectivity index (χ2v) is 8.13. The van der Waals surface area contributed by atoms with Crippen molar-refractivity contribution in [3.63, 3.8) is 0 Å². The number of carbonyl (C=O) groups is 2. The molecule has 35 heavy (non-hydrogen) atoms. The lowest BCUT2D eigenvalue weighted by atomic mass is 10.1. The molecule has 0 aromatic heterocycles. The van der Waals surface area contributed by atoms with E-state index in [0.717, 1.165) is 22.0 Å².